The number of carbonyl (C=O) groups is 1. The van der Waals surface area contributed by atoms with Crippen LogP contribution in [0.3, 0.4) is 0 Å². The Bertz CT molecular complexity index is 975. The van der Waals surface area contributed by atoms with Gasteiger partial charge in [-0.25, -0.2) is 0 Å². The average molecular weight is 397 g/mol. The fourth-order valence-electron chi connectivity index (χ4n) is 3.72. The Morgan fingerprint density at radius 3 is 2.75 bits per heavy atom. The van der Waals surface area contributed by atoms with Crippen LogP contribution < -0.4 is 5.32 Å². The molecule has 1 saturated heterocycles. The summed E-state index contributed by atoms with van der Waals surface area (Å²) in [5, 5.41) is 14.4. The minimum Gasteiger partial charge on any atom is -0.457 e. The maximum Gasteiger partial charge on any atom is 0.276 e. The van der Waals surface area contributed by atoms with Crippen LogP contribution in [0.25, 0.3) is 17.4 Å². The third-order valence-corrected chi connectivity index (χ3v) is 5.40. The van der Waals surface area contributed by atoms with E-state index in [4.69, 9.17) is 16.6 Å². The van der Waals surface area contributed by atoms with Gasteiger partial charge in [-0.05, 0) is 37.2 Å². The van der Waals surface area contributed by atoms with Crippen LogP contribution in [0.2, 0.25) is 0 Å². The second-order valence-corrected chi connectivity index (χ2v) is 7.35. The zero-order chi connectivity index (χ0) is 19.7. The predicted molar refractivity (Wildman–Crippen MR) is 108 cm³/mol. The van der Waals surface area contributed by atoms with Crippen molar-refractivity contribution < 1.29 is 14.1 Å². The van der Waals surface area contributed by atoms with Gasteiger partial charge in [-0.1, -0.05) is 31.4 Å². The van der Waals surface area contributed by atoms with Gasteiger partial charge in [0.15, 0.2) is 5.11 Å². The number of benzene rings is 1. The summed E-state index contributed by atoms with van der Waals surface area (Å²) in [6.07, 6.45) is 6.99. The number of hydrogen-bond donors (Lipinski definition) is 1. The van der Waals surface area contributed by atoms with Crippen molar-refractivity contribution in [2.45, 2.75) is 38.1 Å². The number of nitrogens with one attached hydrogen (secondary N) is 1. The SMILES string of the molecule is O=C1C(=Cc2ccc(-c3cccc([N+](=O)[O-])c3)o2)NC(=S)N1C1CCCCC1. The van der Waals surface area contributed by atoms with Gasteiger partial charge in [0, 0.05) is 29.8 Å². The maximum atomic E-state index is 12.8. The lowest BCUT2D eigenvalue weighted by Gasteiger charge is -2.29. The molecule has 7 nitrogen and oxygen atoms in total. The molecular weight excluding hydrogens is 378 g/mol. The molecule has 2 heterocycles. The third-order valence-electron chi connectivity index (χ3n) is 5.10. The molecule has 0 atom stereocenters. The number of thiocarbonyl (C=S) groups is 1. The molecule has 0 unspecified atom stereocenters. The minimum absolute atomic E-state index is 0.00471. The van der Waals surface area contributed by atoms with Crippen LogP contribution in [-0.2, 0) is 4.79 Å². The van der Waals surface area contributed by atoms with Crippen LogP contribution in [0.4, 0.5) is 5.69 Å². The molecule has 8 heteroatoms. The summed E-state index contributed by atoms with van der Waals surface area (Å²) in [4.78, 5) is 25.0. The van der Waals surface area contributed by atoms with Crippen LogP contribution in [0, 0.1) is 10.1 Å². The summed E-state index contributed by atoms with van der Waals surface area (Å²) in [5.74, 6) is 0.837. The molecular formula is C20H19N3O4S. The first kappa shape index (κ1) is 18.4. The summed E-state index contributed by atoms with van der Waals surface area (Å²) >= 11 is 5.37. The molecule has 2 aromatic rings. The van der Waals surface area contributed by atoms with E-state index in [0.717, 1.165) is 25.7 Å². The highest BCUT2D eigenvalue weighted by molar-refractivity contribution is 7.80. The molecule has 4 rings (SSSR count). The van der Waals surface area contributed by atoms with E-state index in [2.05, 4.69) is 5.32 Å². The summed E-state index contributed by atoms with van der Waals surface area (Å²) in [6, 6.07) is 9.83. The largest absolute Gasteiger partial charge is 0.457 e. The normalized spacial score (nSPS) is 19.3. The van der Waals surface area contributed by atoms with Gasteiger partial charge in [0.05, 0.1) is 4.92 Å². The van der Waals surface area contributed by atoms with Crippen molar-refractivity contribution in [2.24, 2.45) is 0 Å². The predicted octanol–water partition coefficient (Wildman–Crippen LogP) is 4.25. The van der Waals surface area contributed by atoms with E-state index in [0.29, 0.717) is 27.9 Å². The number of amides is 1. The van der Waals surface area contributed by atoms with Gasteiger partial charge in [-0.15, -0.1) is 0 Å². The first-order valence-corrected chi connectivity index (χ1v) is 9.64. The Morgan fingerprint density at radius 1 is 1.21 bits per heavy atom. The summed E-state index contributed by atoms with van der Waals surface area (Å²) < 4.78 is 5.78. The van der Waals surface area contributed by atoms with Gasteiger partial charge in [-0.3, -0.25) is 19.8 Å². The highest BCUT2D eigenvalue weighted by atomic mass is 32.1. The molecule has 0 bridgehead atoms. The number of nitro groups is 1. The van der Waals surface area contributed by atoms with Gasteiger partial charge in [-0.2, -0.15) is 0 Å². The molecule has 1 amide bonds. The summed E-state index contributed by atoms with van der Waals surface area (Å²) in [5.41, 5.74) is 0.981. The van der Waals surface area contributed by atoms with Crippen molar-refractivity contribution in [3.63, 3.8) is 0 Å². The molecule has 0 spiro atoms. The van der Waals surface area contributed by atoms with Gasteiger partial charge in [0.2, 0.25) is 0 Å². The lowest BCUT2D eigenvalue weighted by atomic mass is 9.94. The zero-order valence-electron chi connectivity index (χ0n) is 15.1. The number of nitrogens with zero attached hydrogens (tertiary/aromatic N) is 2. The molecule has 0 radical (unpaired) electrons. The van der Waals surface area contributed by atoms with Gasteiger partial charge < -0.3 is 9.73 Å². The van der Waals surface area contributed by atoms with Crippen molar-refractivity contribution >= 4 is 35.0 Å². The van der Waals surface area contributed by atoms with Crippen molar-refractivity contribution in [2.75, 3.05) is 0 Å². The third kappa shape index (κ3) is 3.55. The Labute approximate surface area is 167 Å². The average Bonchev–Trinajstić information content (AvgIpc) is 3.27. The summed E-state index contributed by atoms with van der Waals surface area (Å²) in [7, 11) is 0. The Balaban J connectivity index is 1.55. The van der Waals surface area contributed by atoms with E-state index in [1.807, 2.05) is 0 Å². The molecule has 2 fully saturated rings. The topological polar surface area (TPSA) is 88.6 Å². The van der Waals surface area contributed by atoms with E-state index in [9.17, 15) is 14.9 Å². The quantitative estimate of drug-likeness (QED) is 0.359. The van der Waals surface area contributed by atoms with Gasteiger partial charge in [0.25, 0.3) is 11.6 Å². The van der Waals surface area contributed by atoms with Crippen LogP contribution >= 0.6 is 12.2 Å². The van der Waals surface area contributed by atoms with E-state index in [1.165, 1.54) is 18.6 Å². The fraction of sp³-hybridized carbons (Fsp3) is 0.300. The second kappa shape index (κ2) is 7.55. The lowest BCUT2D eigenvalue weighted by molar-refractivity contribution is -0.384. The van der Waals surface area contributed by atoms with E-state index in [-0.39, 0.29) is 17.6 Å². The number of furan rings is 1. The van der Waals surface area contributed by atoms with Crippen LogP contribution in [0.15, 0.2) is 46.5 Å². The standard InChI is InChI=1S/C20H19N3O4S/c24-19-17(21-20(28)22(19)14-6-2-1-3-7-14)12-16-9-10-18(27-16)13-5-4-8-15(11-13)23(25)26/h4-5,8-12,14H,1-3,6-7H2,(H,21,28). The molecule has 28 heavy (non-hydrogen) atoms. The molecule has 1 aromatic heterocycles. The smallest absolute Gasteiger partial charge is 0.276 e. The maximum absolute atomic E-state index is 12.8. The first-order valence-electron chi connectivity index (χ1n) is 9.24. The molecule has 1 aliphatic heterocycles. The lowest BCUT2D eigenvalue weighted by Crippen LogP contribution is -2.41. The number of carbonyl (C=O) groups excluding carboxylic acids is 1. The van der Waals surface area contributed by atoms with Crippen LogP contribution in [0.1, 0.15) is 37.9 Å². The van der Waals surface area contributed by atoms with Gasteiger partial charge >= 0.3 is 0 Å². The number of nitro benzene ring substituents is 1. The highest BCUT2D eigenvalue weighted by Gasteiger charge is 2.36. The molecule has 1 N–H and O–H groups in total. The van der Waals surface area contributed by atoms with Crippen molar-refractivity contribution in [1.29, 1.82) is 0 Å². The molecule has 2 aliphatic rings. The number of hydrogen-bond acceptors (Lipinski definition) is 5. The second-order valence-electron chi connectivity index (χ2n) is 6.96. The molecule has 144 valence electrons. The zero-order valence-corrected chi connectivity index (χ0v) is 15.9. The minimum atomic E-state index is -0.447. The Hall–Kier alpha value is -3.00. The number of non-ortho nitro benzene ring substituents is 1. The first-order chi connectivity index (χ1) is 13.5. The van der Waals surface area contributed by atoms with E-state index >= 15 is 0 Å². The van der Waals surface area contributed by atoms with E-state index < -0.39 is 4.92 Å². The monoisotopic (exact) mass is 397 g/mol. The van der Waals surface area contributed by atoms with Crippen LogP contribution in [-0.4, -0.2) is 26.9 Å². The molecule has 1 aromatic carbocycles. The summed E-state index contributed by atoms with van der Waals surface area (Å²) in [6.45, 7) is 0. The van der Waals surface area contributed by atoms with Gasteiger partial charge in [0.1, 0.15) is 17.2 Å². The van der Waals surface area contributed by atoms with Crippen molar-refractivity contribution in [3.8, 4) is 11.3 Å². The molecule has 1 aliphatic carbocycles. The van der Waals surface area contributed by atoms with E-state index in [1.54, 1.807) is 35.2 Å². The van der Waals surface area contributed by atoms with Crippen LogP contribution in [0.5, 0.6) is 0 Å². The molecule has 1 saturated carbocycles. The number of rotatable bonds is 4. The fourth-order valence-corrected chi connectivity index (χ4v) is 4.06. The van der Waals surface area contributed by atoms with Crippen molar-refractivity contribution in [3.05, 3.63) is 58.0 Å². The van der Waals surface area contributed by atoms with Crippen molar-refractivity contribution in [1.82, 2.24) is 10.2 Å². The highest BCUT2D eigenvalue weighted by Crippen LogP contribution is 2.29. The Kier molecular flexibility index (Phi) is 4.95. The Morgan fingerprint density at radius 2 is 2.00 bits per heavy atom.